The normalized spacial score (nSPS) is 21.9. The fourth-order valence-electron chi connectivity index (χ4n) is 1.40. The summed E-state index contributed by atoms with van der Waals surface area (Å²) in [5.41, 5.74) is 8.02. The van der Waals surface area contributed by atoms with Gasteiger partial charge in [-0.1, -0.05) is 0 Å². The van der Waals surface area contributed by atoms with Gasteiger partial charge in [0, 0.05) is 15.3 Å². The molecule has 1 aliphatic heterocycles. The van der Waals surface area contributed by atoms with Gasteiger partial charge in [0.15, 0.2) is 0 Å². The summed E-state index contributed by atoms with van der Waals surface area (Å²) in [5.74, 6) is 0. The van der Waals surface area contributed by atoms with E-state index in [-0.39, 0.29) is 0 Å². The Hall–Kier alpha value is -0.290. The van der Waals surface area contributed by atoms with E-state index < -0.39 is 0 Å². The average Bonchev–Trinajstić information content (AvgIpc) is 1.93. The van der Waals surface area contributed by atoms with Crippen LogP contribution in [0.3, 0.4) is 0 Å². The van der Waals surface area contributed by atoms with E-state index in [1.165, 1.54) is 15.6 Å². The number of nitrogen functional groups attached to an aromatic ring is 1. The van der Waals surface area contributed by atoms with Gasteiger partial charge in [0.05, 0.1) is 0 Å². The maximum absolute atomic E-state index is 5.86. The molecule has 3 N–H and O–H groups in total. The summed E-state index contributed by atoms with van der Waals surface area (Å²) < 4.78 is 1.26. The number of anilines is 1. The maximum Gasteiger partial charge on any atom is 0.0363 e. The Morgan fingerprint density at radius 1 is 1.50 bits per heavy atom. The van der Waals surface area contributed by atoms with Gasteiger partial charge in [-0.25, -0.2) is 0 Å². The van der Waals surface area contributed by atoms with Gasteiger partial charge in [-0.05, 0) is 59.3 Å². The minimum absolute atomic E-state index is 0.500. The van der Waals surface area contributed by atoms with Crippen LogP contribution in [0.15, 0.2) is 18.2 Å². The average molecular weight is 274 g/mol. The second kappa shape index (κ2) is 3.22. The zero-order chi connectivity index (χ0) is 8.55. The lowest BCUT2D eigenvalue weighted by molar-refractivity contribution is 0.384. The fourth-order valence-corrected chi connectivity index (χ4v) is 1.92. The molecule has 0 radical (unpaired) electrons. The van der Waals surface area contributed by atoms with Crippen LogP contribution in [0.4, 0.5) is 5.69 Å². The van der Waals surface area contributed by atoms with Crippen molar-refractivity contribution >= 4 is 28.3 Å². The van der Waals surface area contributed by atoms with Gasteiger partial charge >= 0.3 is 0 Å². The first kappa shape index (κ1) is 8.31. The lowest BCUT2D eigenvalue weighted by Crippen LogP contribution is -2.35. The van der Waals surface area contributed by atoms with Gasteiger partial charge in [-0.2, -0.15) is 0 Å². The van der Waals surface area contributed by atoms with Crippen molar-refractivity contribution in [3.05, 3.63) is 27.3 Å². The lowest BCUT2D eigenvalue weighted by Gasteiger charge is -2.29. The van der Waals surface area contributed by atoms with Crippen molar-refractivity contribution in [3.8, 4) is 0 Å². The highest BCUT2D eigenvalue weighted by Crippen LogP contribution is 2.28. The van der Waals surface area contributed by atoms with Gasteiger partial charge in [-0.3, -0.25) is 0 Å². The van der Waals surface area contributed by atoms with Gasteiger partial charge in [-0.15, -0.1) is 0 Å². The van der Waals surface area contributed by atoms with E-state index in [2.05, 4.69) is 34.0 Å². The quantitative estimate of drug-likeness (QED) is 0.606. The minimum Gasteiger partial charge on any atom is -0.398 e. The van der Waals surface area contributed by atoms with Crippen LogP contribution in [0.25, 0.3) is 0 Å². The Morgan fingerprint density at radius 2 is 2.25 bits per heavy atom. The smallest absolute Gasteiger partial charge is 0.0363 e. The third-order valence-electron chi connectivity index (χ3n) is 2.25. The summed E-state index contributed by atoms with van der Waals surface area (Å²) in [7, 11) is 0. The standard InChI is InChI=1S/C9H11IN2/c10-6-1-2-8(11)7(5-6)9-3-4-12-9/h1-2,5,9,12H,3-4,11H2/t9-/m0/s1. The SMILES string of the molecule is Nc1ccc(I)cc1[C@@H]1CCN1. The Bertz CT molecular complexity index is 295. The number of nitrogens with one attached hydrogen (secondary N) is 1. The van der Waals surface area contributed by atoms with E-state index in [0.717, 1.165) is 12.2 Å². The van der Waals surface area contributed by atoms with Gasteiger partial charge in [0.1, 0.15) is 0 Å². The summed E-state index contributed by atoms with van der Waals surface area (Å²) in [6.45, 7) is 1.12. The predicted molar refractivity (Wildman–Crippen MR) is 58.9 cm³/mol. The van der Waals surface area contributed by atoms with E-state index >= 15 is 0 Å². The number of hydrogen-bond acceptors (Lipinski definition) is 2. The number of benzene rings is 1. The molecule has 0 unspecified atom stereocenters. The van der Waals surface area contributed by atoms with Crippen LogP contribution >= 0.6 is 22.6 Å². The van der Waals surface area contributed by atoms with Crippen molar-refractivity contribution < 1.29 is 0 Å². The van der Waals surface area contributed by atoms with Gasteiger partial charge in [0.2, 0.25) is 0 Å². The molecule has 1 heterocycles. The topological polar surface area (TPSA) is 38.0 Å². The number of hydrogen-bond donors (Lipinski definition) is 2. The van der Waals surface area contributed by atoms with Crippen LogP contribution in [0.5, 0.6) is 0 Å². The van der Waals surface area contributed by atoms with Crippen LogP contribution in [-0.4, -0.2) is 6.54 Å². The molecular weight excluding hydrogens is 263 g/mol. The summed E-state index contributed by atoms with van der Waals surface area (Å²) in [5, 5.41) is 3.35. The molecule has 1 aromatic rings. The molecule has 0 spiro atoms. The molecule has 2 rings (SSSR count). The van der Waals surface area contributed by atoms with Crippen LogP contribution in [0, 0.1) is 3.57 Å². The number of rotatable bonds is 1. The molecule has 1 aliphatic rings. The largest absolute Gasteiger partial charge is 0.398 e. The molecule has 2 nitrogen and oxygen atoms in total. The lowest BCUT2D eigenvalue weighted by atomic mass is 9.97. The molecule has 1 aromatic carbocycles. The summed E-state index contributed by atoms with van der Waals surface area (Å²) in [6.07, 6.45) is 1.21. The molecular formula is C9H11IN2. The summed E-state index contributed by atoms with van der Waals surface area (Å²) in [6, 6.07) is 6.68. The molecule has 0 amide bonds. The molecule has 0 aliphatic carbocycles. The van der Waals surface area contributed by atoms with E-state index in [1.54, 1.807) is 0 Å². The first-order chi connectivity index (χ1) is 5.77. The van der Waals surface area contributed by atoms with Crippen molar-refractivity contribution in [2.75, 3.05) is 12.3 Å². The Balaban J connectivity index is 2.34. The molecule has 1 fully saturated rings. The molecule has 0 saturated carbocycles. The minimum atomic E-state index is 0.500. The van der Waals surface area contributed by atoms with Crippen molar-refractivity contribution in [1.82, 2.24) is 5.32 Å². The van der Waals surface area contributed by atoms with Crippen LogP contribution in [0.2, 0.25) is 0 Å². The number of halogens is 1. The second-order valence-electron chi connectivity index (χ2n) is 3.07. The first-order valence-corrected chi connectivity index (χ1v) is 5.13. The monoisotopic (exact) mass is 274 g/mol. The highest BCUT2D eigenvalue weighted by atomic mass is 127. The van der Waals surface area contributed by atoms with E-state index in [4.69, 9.17) is 5.73 Å². The van der Waals surface area contributed by atoms with Crippen molar-refractivity contribution in [2.24, 2.45) is 0 Å². The van der Waals surface area contributed by atoms with E-state index in [0.29, 0.717) is 6.04 Å². The highest BCUT2D eigenvalue weighted by molar-refractivity contribution is 14.1. The number of nitrogens with two attached hydrogens (primary N) is 1. The van der Waals surface area contributed by atoms with Crippen molar-refractivity contribution in [2.45, 2.75) is 12.5 Å². The predicted octanol–water partition coefficient (Wildman–Crippen LogP) is 1.91. The molecule has 1 saturated heterocycles. The van der Waals surface area contributed by atoms with Gasteiger partial charge < -0.3 is 11.1 Å². The van der Waals surface area contributed by atoms with Crippen LogP contribution in [0.1, 0.15) is 18.0 Å². The maximum atomic E-state index is 5.86. The van der Waals surface area contributed by atoms with E-state index in [1.807, 2.05) is 12.1 Å². The first-order valence-electron chi connectivity index (χ1n) is 4.05. The Labute approximate surface area is 85.7 Å². The van der Waals surface area contributed by atoms with Crippen LogP contribution in [-0.2, 0) is 0 Å². The zero-order valence-electron chi connectivity index (χ0n) is 6.68. The summed E-state index contributed by atoms with van der Waals surface area (Å²) >= 11 is 2.31. The molecule has 3 heteroatoms. The zero-order valence-corrected chi connectivity index (χ0v) is 8.84. The molecule has 12 heavy (non-hydrogen) atoms. The Morgan fingerprint density at radius 3 is 2.83 bits per heavy atom. The molecule has 0 aromatic heterocycles. The van der Waals surface area contributed by atoms with E-state index in [9.17, 15) is 0 Å². The van der Waals surface area contributed by atoms with Crippen molar-refractivity contribution in [1.29, 1.82) is 0 Å². The third kappa shape index (κ3) is 1.43. The van der Waals surface area contributed by atoms with Gasteiger partial charge in [0.25, 0.3) is 0 Å². The summed E-state index contributed by atoms with van der Waals surface area (Å²) in [4.78, 5) is 0. The van der Waals surface area contributed by atoms with Crippen molar-refractivity contribution in [3.63, 3.8) is 0 Å². The molecule has 1 atom stereocenters. The highest BCUT2D eigenvalue weighted by Gasteiger charge is 2.20. The second-order valence-corrected chi connectivity index (χ2v) is 4.31. The molecule has 0 bridgehead atoms. The van der Waals surface area contributed by atoms with Crippen LogP contribution < -0.4 is 11.1 Å². The molecule has 64 valence electrons. The third-order valence-corrected chi connectivity index (χ3v) is 2.92. The fraction of sp³-hybridized carbons (Fsp3) is 0.333. The Kier molecular flexibility index (Phi) is 2.23.